The van der Waals surface area contributed by atoms with Crippen LogP contribution >= 0.6 is 0 Å². The number of aryl methyl sites for hydroxylation is 2. The Kier molecular flexibility index (Phi) is 2.80. The fourth-order valence-electron chi connectivity index (χ4n) is 5.43. The molecular weight excluding hydrogens is 629 g/mol. The van der Waals surface area contributed by atoms with Gasteiger partial charge in [-0.1, -0.05) is 121 Å². The molecule has 0 fully saturated rings. The molecule has 9 aromatic rings. The molecule has 1 N–H and O–H groups in total. The van der Waals surface area contributed by atoms with Crippen LogP contribution in [0.3, 0.4) is 0 Å². The summed E-state index contributed by atoms with van der Waals surface area (Å²) in [6.07, 6.45) is 0. The molecule has 0 spiro atoms. The number of aromatic hydroxyl groups is 1. The Bertz CT molecular complexity index is 4360. The zero-order valence-electron chi connectivity index (χ0n) is 56.1. The fraction of sp³-hybridized carbons (Fsp3) is 0.0444. The minimum absolute atomic E-state index is 0.133. The SMILES string of the molecule is [2H]c1c(-c2c([2H])c([2H])c([2H])c([2H])c2[2H])nc(-c2c([2H])c([2H])c([2H])c([2H])c2[2H])nc1-c1c([2H])c([2H])c(-c2c3c([2H])c([2H])c([2H])c([2H])c3c(-c3c([2H])c([2H])c4c(c3[2H])n(C([2H])([2H])[2H])c(=O)n4C([2H])([2H])[2H])c3c([2H])c([2H])c([2H])c([2H])c23)c(O)c1[2H]. The van der Waals surface area contributed by atoms with E-state index in [-0.39, 0.29) is 9.13 Å². The first-order chi connectivity index (χ1) is 37.8. The number of hydrogen-bond donors (Lipinski definition) is 1. The molecule has 51 heavy (non-hydrogen) atoms. The van der Waals surface area contributed by atoms with Crippen LogP contribution in [0.15, 0.2) is 156 Å². The van der Waals surface area contributed by atoms with Crippen LogP contribution in [0.4, 0.5) is 0 Å². The highest BCUT2D eigenvalue weighted by molar-refractivity contribution is 6.22. The molecule has 0 unspecified atom stereocenters. The van der Waals surface area contributed by atoms with Gasteiger partial charge in [0.1, 0.15) is 5.75 Å². The molecule has 0 atom stereocenters. The molecule has 0 aliphatic heterocycles. The van der Waals surface area contributed by atoms with Gasteiger partial charge < -0.3 is 5.11 Å². The third-order valence-electron chi connectivity index (χ3n) is 7.64. The normalized spacial score (nSPS) is 20.6. The Balaban J connectivity index is 1.52. The number of imidazole rings is 1. The quantitative estimate of drug-likeness (QED) is 0.182. The number of hydrogen-bond acceptors (Lipinski definition) is 4. The minimum Gasteiger partial charge on any atom is -0.507 e. The highest BCUT2D eigenvalue weighted by Gasteiger charge is 2.20. The molecule has 0 bridgehead atoms. The lowest BCUT2D eigenvalue weighted by atomic mass is 9.85. The number of nitrogens with zero attached hydrogens (tertiary/aromatic N) is 4. The Hall–Kier alpha value is -6.79. The molecule has 9 rings (SSSR count). The second-order valence-corrected chi connectivity index (χ2v) is 10.5. The molecule has 2 heterocycles. The van der Waals surface area contributed by atoms with Gasteiger partial charge in [-0.15, -0.1) is 0 Å². The maximum atomic E-state index is 13.8. The summed E-state index contributed by atoms with van der Waals surface area (Å²) >= 11 is 0. The van der Waals surface area contributed by atoms with E-state index >= 15 is 0 Å². The fourth-order valence-corrected chi connectivity index (χ4v) is 5.43. The Labute approximate surface area is 337 Å². The number of fused-ring (bicyclic) bond motifs is 3. The number of phenolic OH excluding ortho intramolecular Hbond substituents is 1. The zero-order valence-corrected chi connectivity index (χ0v) is 25.1. The van der Waals surface area contributed by atoms with E-state index in [9.17, 15) is 23.6 Å². The largest absolute Gasteiger partial charge is 0.507 e. The van der Waals surface area contributed by atoms with Gasteiger partial charge in [0.2, 0.25) is 0 Å². The van der Waals surface area contributed by atoms with Crippen LogP contribution in [-0.2, 0) is 14.0 Å². The van der Waals surface area contributed by atoms with Crippen molar-refractivity contribution in [3.05, 3.63) is 162 Å². The first kappa shape index (κ1) is 11.9. The van der Waals surface area contributed by atoms with Crippen LogP contribution in [0.25, 0.3) is 88.7 Å². The third kappa shape index (κ3) is 4.99. The van der Waals surface area contributed by atoms with Crippen molar-refractivity contribution in [2.45, 2.75) is 0 Å². The Morgan fingerprint density at radius 1 is 0.529 bits per heavy atom. The van der Waals surface area contributed by atoms with Crippen LogP contribution in [0.2, 0.25) is 0 Å². The van der Waals surface area contributed by atoms with Crippen molar-refractivity contribution in [2.75, 3.05) is 0 Å². The molecule has 6 heteroatoms. The van der Waals surface area contributed by atoms with Crippen molar-refractivity contribution >= 4 is 32.6 Å². The van der Waals surface area contributed by atoms with Gasteiger partial charge in [0.25, 0.3) is 0 Å². The van der Waals surface area contributed by atoms with Crippen LogP contribution in [-0.4, -0.2) is 24.2 Å². The lowest BCUT2D eigenvalue weighted by molar-refractivity contribution is 0.477. The summed E-state index contributed by atoms with van der Waals surface area (Å²) < 4.78 is 272. The number of rotatable bonds is 5. The standard InChI is InChI=1S/C45H32N4O2/c1-48-39-24-22-31(25-40(39)49(2)45(48)51)42-32-17-9-11-19-34(32)43(35-20-12-10-18-33(35)42)36-23-21-30(26-41(36)50)38-27-37(28-13-5-3-6-14-28)46-44(47-38)29-15-7-4-8-16-29/h3-27,50H,1-2H3/i1D3,2D3,3D,4D,5D,6D,7D,8D,9D,10D,11D,12D,13D,14D,15D,16D,17D,18D,19D,20D,21D,22D,23D,24D,25D,26D,27D. The van der Waals surface area contributed by atoms with Crippen LogP contribution in [0.5, 0.6) is 5.75 Å². The number of benzene rings is 7. The maximum absolute atomic E-state index is 13.8. The summed E-state index contributed by atoms with van der Waals surface area (Å²) in [5.74, 6) is -2.44. The molecule has 0 radical (unpaired) electrons. The average molecular weight is 692 g/mol. The summed E-state index contributed by atoms with van der Waals surface area (Å²) in [4.78, 5) is 22.1. The molecular formula is C45H32N4O2. The average Bonchev–Trinajstić information content (AvgIpc) is 1.08. The second kappa shape index (κ2) is 12.0. The van der Waals surface area contributed by atoms with Gasteiger partial charge in [-0.25, -0.2) is 14.8 Å². The second-order valence-electron chi connectivity index (χ2n) is 10.5. The monoisotopic (exact) mass is 691 g/mol. The van der Waals surface area contributed by atoms with Gasteiger partial charge in [0.05, 0.1) is 56.7 Å². The lowest BCUT2D eigenvalue weighted by Gasteiger charge is -2.19. The molecule has 0 amide bonds. The highest BCUT2D eigenvalue weighted by atomic mass is 16.3. The zero-order chi connectivity index (χ0) is 61.4. The van der Waals surface area contributed by atoms with Gasteiger partial charge in [-0.2, -0.15) is 0 Å². The van der Waals surface area contributed by atoms with Crippen LogP contribution in [0, 0.1) is 0 Å². The lowest BCUT2D eigenvalue weighted by Crippen LogP contribution is -2.19. The smallest absolute Gasteiger partial charge is 0.328 e. The molecule has 6 nitrogen and oxygen atoms in total. The maximum Gasteiger partial charge on any atom is 0.328 e. The molecule has 2 aromatic heterocycles. The first-order valence-corrected chi connectivity index (χ1v) is 14.4. The van der Waals surface area contributed by atoms with Gasteiger partial charge in [-0.3, -0.25) is 9.13 Å². The summed E-state index contributed by atoms with van der Waals surface area (Å²) in [5, 5.41) is 8.69. The van der Waals surface area contributed by atoms with Crippen molar-refractivity contribution in [3.63, 3.8) is 0 Å². The van der Waals surface area contributed by atoms with Crippen molar-refractivity contribution in [3.8, 4) is 61.9 Å². The predicted octanol–water partition coefficient (Wildman–Crippen LogP) is 10.0. The molecule has 0 aliphatic carbocycles. The Morgan fingerprint density at radius 2 is 1.06 bits per heavy atom. The Morgan fingerprint density at radius 3 is 1.69 bits per heavy atom. The molecule has 244 valence electrons. The molecule has 7 aromatic carbocycles. The van der Waals surface area contributed by atoms with Gasteiger partial charge in [-0.05, 0) is 62.9 Å². The van der Waals surface area contributed by atoms with Gasteiger partial charge in [0.15, 0.2) is 5.82 Å². The van der Waals surface area contributed by atoms with Crippen molar-refractivity contribution < 1.29 is 47.6 Å². The van der Waals surface area contributed by atoms with E-state index in [1.165, 1.54) is 0 Å². The van der Waals surface area contributed by atoms with Crippen LogP contribution < -0.4 is 5.69 Å². The highest BCUT2D eigenvalue weighted by Crippen LogP contribution is 2.46. The molecule has 0 saturated heterocycles. The van der Waals surface area contributed by atoms with Crippen molar-refractivity contribution in [1.82, 2.24) is 19.1 Å². The van der Waals surface area contributed by atoms with E-state index in [0.29, 0.717) is 0 Å². The summed E-state index contributed by atoms with van der Waals surface area (Å²) in [7, 11) is 0. The minimum atomic E-state index is -3.65. The molecule has 0 aliphatic rings. The first-order valence-electron chi connectivity index (χ1n) is 29.9. The number of aromatic nitrogens is 4. The van der Waals surface area contributed by atoms with Gasteiger partial charge >= 0.3 is 5.69 Å². The van der Waals surface area contributed by atoms with E-state index in [4.69, 9.17) is 28.8 Å². The van der Waals surface area contributed by atoms with E-state index in [1.54, 1.807) is 0 Å². The van der Waals surface area contributed by atoms with Gasteiger partial charge in [0, 0.05) is 50.0 Å². The van der Waals surface area contributed by atoms with E-state index < -0.39 is 265 Å². The topological polar surface area (TPSA) is 72.9 Å². The number of phenols is 1. The van der Waals surface area contributed by atoms with E-state index in [0.717, 1.165) is 0 Å². The van der Waals surface area contributed by atoms with Crippen molar-refractivity contribution in [2.24, 2.45) is 14.0 Å². The van der Waals surface area contributed by atoms with Crippen LogP contribution in [0.1, 0.15) is 42.5 Å². The predicted molar refractivity (Wildman–Crippen MR) is 208 cm³/mol. The third-order valence-corrected chi connectivity index (χ3v) is 7.64. The summed E-state index contributed by atoms with van der Waals surface area (Å²) in [5.41, 5.74) is -12.9. The van der Waals surface area contributed by atoms with E-state index in [2.05, 4.69) is 9.97 Å². The molecule has 0 saturated carbocycles. The van der Waals surface area contributed by atoms with Crippen molar-refractivity contribution in [1.29, 1.82) is 0 Å². The summed E-state index contributed by atoms with van der Waals surface area (Å²) in [6.45, 7) is -7.23. The van der Waals surface area contributed by atoms with E-state index in [1.807, 2.05) is 0 Å². The summed E-state index contributed by atoms with van der Waals surface area (Å²) in [6, 6.07) is -27.7.